The SMILES string of the molecule is CCCCC(NC(=O)C1CC12CCNCC2)C1CCC1. The summed E-state index contributed by atoms with van der Waals surface area (Å²) in [5, 5.41) is 6.84. The molecule has 2 aliphatic carbocycles. The van der Waals surface area contributed by atoms with E-state index >= 15 is 0 Å². The molecule has 1 saturated heterocycles. The van der Waals surface area contributed by atoms with Crippen LogP contribution in [0.5, 0.6) is 0 Å². The Morgan fingerprint density at radius 1 is 1.35 bits per heavy atom. The lowest BCUT2D eigenvalue weighted by Gasteiger charge is -2.35. The van der Waals surface area contributed by atoms with E-state index < -0.39 is 0 Å². The van der Waals surface area contributed by atoms with Crippen molar-refractivity contribution < 1.29 is 4.79 Å². The smallest absolute Gasteiger partial charge is 0.223 e. The molecule has 2 N–H and O–H groups in total. The van der Waals surface area contributed by atoms with Gasteiger partial charge in [-0.15, -0.1) is 0 Å². The van der Waals surface area contributed by atoms with E-state index in [9.17, 15) is 4.79 Å². The summed E-state index contributed by atoms with van der Waals surface area (Å²) < 4.78 is 0. The van der Waals surface area contributed by atoms with E-state index in [1.165, 1.54) is 51.4 Å². The summed E-state index contributed by atoms with van der Waals surface area (Å²) in [5.74, 6) is 1.47. The molecule has 3 rings (SSSR count). The highest BCUT2D eigenvalue weighted by molar-refractivity contribution is 5.83. The number of carbonyl (C=O) groups excluding carboxylic acids is 1. The van der Waals surface area contributed by atoms with Gasteiger partial charge in [-0.2, -0.15) is 0 Å². The quantitative estimate of drug-likeness (QED) is 0.784. The van der Waals surface area contributed by atoms with Crippen LogP contribution in [-0.2, 0) is 4.79 Å². The molecule has 2 saturated carbocycles. The molecule has 3 aliphatic rings. The van der Waals surface area contributed by atoms with Crippen molar-refractivity contribution >= 4 is 5.91 Å². The second-order valence-electron chi connectivity index (χ2n) is 7.32. The minimum atomic E-state index is 0.328. The van der Waals surface area contributed by atoms with Crippen molar-refractivity contribution in [2.24, 2.45) is 17.3 Å². The number of unbranched alkanes of at least 4 members (excludes halogenated alkanes) is 1. The lowest BCUT2D eigenvalue weighted by atomic mass is 9.78. The lowest BCUT2D eigenvalue weighted by molar-refractivity contribution is -0.124. The lowest BCUT2D eigenvalue weighted by Crippen LogP contribution is -2.44. The molecule has 0 aromatic carbocycles. The Hall–Kier alpha value is -0.570. The van der Waals surface area contributed by atoms with Gasteiger partial charge >= 0.3 is 0 Å². The Balaban J connectivity index is 1.51. The van der Waals surface area contributed by atoms with Crippen LogP contribution in [-0.4, -0.2) is 25.0 Å². The first-order chi connectivity index (χ1) is 9.75. The summed E-state index contributed by atoms with van der Waals surface area (Å²) in [4.78, 5) is 12.6. The Labute approximate surface area is 123 Å². The fraction of sp³-hybridized carbons (Fsp3) is 0.941. The highest BCUT2D eigenvalue weighted by atomic mass is 16.2. The van der Waals surface area contributed by atoms with Gasteiger partial charge in [0, 0.05) is 12.0 Å². The zero-order chi connectivity index (χ0) is 14.0. The van der Waals surface area contributed by atoms with Gasteiger partial charge in [-0.1, -0.05) is 26.2 Å². The van der Waals surface area contributed by atoms with Crippen molar-refractivity contribution in [2.75, 3.05) is 13.1 Å². The third-order valence-corrected chi connectivity index (χ3v) is 6.02. The molecule has 114 valence electrons. The van der Waals surface area contributed by atoms with E-state index in [4.69, 9.17) is 0 Å². The summed E-state index contributed by atoms with van der Waals surface area (Å²) in [5.41, 5.74) is 0.379. The number of hydrogen-bond acceptors (Lipinski definition) is 2. The third-order valence-electron chi connectivity index (χ3n) is 6.02. The van der Waals surface area contributed by atoms with E-state index in [1.54, 1.807) is 0 Å². The zero-order valence-electron chi connectivity index (χ0n) is 12.9. The predicted octanol–water partition coefficient (Wildman–Crippen LogP) is 2.85. The number of carbonyl (C=O) groups is 1. The van der Waals surface area contributed by atoms with Gasteiger partial charge in [0.1, 0.15) is 0 Å². The van der Waals surface area contributed by atoms with Gasteiger partial charge < -0.3 is 10.6 Å². The van der Waals surface area contributed by atoms with Crippen LogP contribution in [0.25, 0.3) is 0 Å². The monoisotopic (exact) mass is 278 g/mol. The van der Waals surface area contributed by atoms with Gasteiger partial charge in [0.2, 0.25) is 5.91 Å². The fourth-order valence-electron chi connectivity index (χ4n) is 4.17. The van der Waals surface area contributed by atoms with Crippen LogP contribution in [0.4, 0.5) is 0 Å². The first-order valence-electron chi connectivity index (χ1n) is 8.76. The molecule has 1 spiro atoms. The van der Waals surface area contributed by atoms with Crippen LogP contribution in [0.2, 0.25) is 0 Å². The molecule has 2 unspecified atom stereocenters. The van der Waals surface area contributed by atoms with Gasteiger partial charge in [0.05, 0.1) is 0 Å². The standard InChI is InChI=1S/C17H30N2O/c1-2-3-7-15(13-5-4-6-13)19-16(20)14-12-17(14)8-10-18-11-9-17/h13-15,18H,2-12H2,1H3,(H,19,20). The first-order valence-corrected chi connectivity index (χ1v) is 8.76. The van der Waals surface area contributed by atoms with Crippen LogP contribution in [0.1, 0.15) is 64.7 Å². The number of nitrogens with one attached hydrogen (secondary N) is 2. The molecule has 3 nitrogen and oxygen atoms in total. The maximum Gasteiger partial charge on any atom is 0.223 e. The van der Waals surface area contributed by atoms with Gasteiger partial charge in [-0.3, -0.25) is 4.79 Å². The van der Waals surface area contributed by atoms with E-state index in [-0.39, 0.29) is 0 Å². The minimum absolute atomic E-state index is 0.328. The van der Waals surface area contributed by atoms with Crippen molar-refractivity contribution in [3.63, 3.8) is 0 Å². The third kappa shape index (κ3) is 2.88. The maximum absolute atomic E-state index is 12.6. The number of amides is 1. The molecule has 3 fully saturated rings. The van der Waals surface area contributed by atoms with Crippen molar-refractivity contribution in [3.05, 3.63) is 0 Å². The molecular weight excluding hydrogens is 248 g/mol. The molecule has 0 bridgehead atoms. The molecular formula is C17H30N2O. The summed E-state index contributed by atoms with van der Waals surface area (Å²) >= 11 is 0. The highest BCUT2D eigenvalue weighted by Crippen LogP contribution is 2.58. The molecule has 2 atom stereocenters. The zero-order valence-corrected chi connectivity index (χ0v) is 12.9. The van der Waals surface area contributed by atoms with Gasteiger partial charge in [-0.25, -0.2) is 0 Å². The Bertz CT molecular complexity index is 345. The van der Waals surface area contributed by atoms with Crippen LogP contribution in [0, 0.1) is 17.3 Å². The summed E-state index contributed by atoms with van der Waals surface area (Å²) in [6.45, 7) is 4.45. The second kappa shape index (κ2) is 6.05. The molecule has 0 aromatic rings. The van der Waals surface area contributed by atoms with Crippen molar-refractivity contribution in [1.29, 1.82) is 0 Å². The molecule has 3 heteroatoms. The van der Waals surface area contributed by atoms with Crippen LogP contribution in [0.15, 0.2) is 0 Å². The van der Waals surface area contributed by atoms with Crippen LogP contribution >= 0.6 is 0 Å². The van der Waals surface area contributed by atoms with E-state index in [0.717, 1.165) is 25.4 Å². The van der Waals surface area contributed by atoms with Crippen molar-refractivity contribution in [1.82, 2.24) is 10.6 Å². The average molecular weight is 278 g/mol. The molecule has 1 amide bonds. The molecule has 0 radical (unpaired) electrons. The van der Waals surface area contributed by atoms with Gasteiger partial charge in [0.25, 0.3) is 0 Å². The summed E-state index contributed by atoms with van der Waals surface area (Å²) in [6.07, 6.45) is 11.2. The van der Waals surface area contributed by atoms with Gasteiger partial charge in [-0.05, 0) is 62.9 Å². The van der Waals surface area contributed by atoms with Crippen LogP contribution in [0.3, 0.4) is 0 Å². The van der Waals surface area contributed by atoms with Crippen LogP contribution < -0.4 is 10.6 Å². The first kappa shape index (κ1) is 14.4. The predicted molar refractivity (Wildman–Crippen MR) is 81.4 cm³/mol. The highest BCUT2D eigenvalue weighted by Gasteiger charge is 2.57. The van der Waals surface area contributed by atoms with Crippen molar-refractivity contribution in [2.45, 2.75) is 70.8 Å². The number of piperidine rings is 1. The topological polar surface area (TPSA) is 41.1 Å². The average Bonchev–Trinajstić information content (AvgIpc) is 3.08. The Morgan fingerprint density at radius 3 is 2.70 bits per heavy atom. The fourth-order valence-corrected chi connectivity index (χ4v) is 4.17. The maximum atomic E-state index is 12.6. The van der Waals surface area contributed by atoms with E-state index in [2.05, 4.69) is 17.6 Å². The number of rotatable bonds is 6. The molecule has 1 heterocycles. The molecule has 20 heavy (non-hydrogen) atoms. The largest absolute Gasteiger partial charge is 0.353 e. The molecule has 0 aromatic heterocycles. The minimum Gasteiger partial charge on any atom is -0.353 e. The molecule has 1 aliphatic heterocycles. The Kier molecular flexibility index (Phi) is 4.34. The number of hydrogen-bond donors (Lipinski definition) is 2. The van der Waals surface area contributed by atoms with Gasteiger partial charge in [0.15, 0.2) is 0 Å². The van der Waals surface area contributed by atoms with E-state index in [0.29, 0.717) is 23.3 Å². The Morgan fingerprint density at radius 2 is 2.10 bits per heavy atom. The normalized spacial score (nSPS) is 29.8. The van der Waals surface area contributed by atoms with E-state index in [1.807, 2.05) is 0 Å². The summed E-state index contributed by atoms with van der Waals surface area (Å²) in [7, 11) is 0. The second-order valence-corrected chi connectivity index (χ2v) is 7.32. The summed E-state index contributed by atoms with van der Waals surface area (Å²) in [6, 6.07) is 0.468. The van der Waals surface area contributed by atoms with Crippen molar-refractivity contribution in [3.8, 4) is 0 Å².